The first kappa shape index (κ1) is 18.7. The number of aliphatic hydroxyl groups excluding tert-OH is 1. The molecule has 0 spiro atoms. The number of benzene rings is 2. The third kappa shape index (κ3) is 3.79. The summed E-state index contributed by atoms with van der Waals surface area (Å²) in [7, 11) is 0. The Balaban J connectivity index is 1.48. The molecular weight excluding hydrogens is 378 g/mol. The van der Waals surface area contributed by atoms with E-state index < -0.39 is 12.1 Å². The number of carbonyl (C=O) groups excluding carboxylic acids is 2. The fourth-order valence-electron chi connectivity index (χ4n) is 3.66. The van der Waals surface area contributed by atoms with Crippen LogP contribution in [0.1, 0.15) is 28.8 Å². The predicted octanol–water partition coefficient (Wildman–Crippen LogP) is 2.99. The molecule has 1 saturated heterocycles. The SMILES string of the molecule is O=C(CCc1ccc(Cl)cc1)[C@@H]1C[C@@H](O)CN1C(=O)c1ccc2cn[nH]c2c1. The van der Waals surface area contributed by atoms with Gasteiger partial charge in [-0.3, -0.25) is 14.7 Å². The molecule has 0 saturated carbocycles. The van der Waals surface area contributed by atoms with Crippen LogP contribution in [-0.4, -0.2) is 50.6 Å². The first-order valence-corrected chi connectivity index (χ1v) is 9.58. The molecule has 0 aliphatic carbocycles. The largest absolute Gasteiger partial charge is 0.391 e. The van der Waals surface area contributed by atoms with Crippen molar-refractivity contribution in [3.63, 3.8) is 0 Å². The van der Waals surface area contributed by atoms with Crippen molar-refractivity contribution in [3.05, 3.63) is 64.8 Å². The first-order chi connectivity index (χ1) is 13.5. The number of fused-ring (bicyclic) bond motifs is 1. The van der Waals surface area contributed by atoms with Crippen molar-refractivity contribution < 1.29 is 14.7 Å². The second kappa shape index (κ2) is 7.73. The van der Waals surface area contributed by atoms with Gasteiger partial charge >= 0.3 is 0 Å². The van der Waals surface area contributed by atoms with Gasteiger partial charge in [0.2, 0.25) is 0 Å². The van der Waals surface area contributed by atoms with Gasteiger partial charge in [-0.05, 0) is 36.2 Å². The lowest BCUT2D eigenvalue weighted by Gasteiger charge is -2.23. The molecule has 0 bridgehead atoms. The van der Waals surface area contributed by atoms with Gasteiger partial charge in [0, 0.05) is 35.4 Å². The molecule has 3 aromatic rings. The Morgan fingerprint density at radius 2 is 2.00 bits per heavy atom. The molecule has 0 unspecified atom stereocenters. The number of rotatable bonds is 5. The van der Waals surface area contributed by atoms with Crippen molar-refractivity contribution in [1.82, 2.24) is 15.1 Å². The van der Waals surface area contributed by atoms with E-state index >= 15 is 0 Å². The molecule has 0 radical (unpaired) electrons. The van der Waals surface area contributed by atoms with E-state index in [0.717, 1.165) is 16.5 Å². The molecule has 6 nitrogen and oxygen atoms in total. The maximum Gasteiger partial charge on any atom is 0.254 e. The number of β-amino-alcohol motifs (C(OH)–C–C–N with tert-alkyl or cyclic N) is 1. The minimum absolute atomic E-state index is 0.0394. The third-order valence-corrected chi connectivity index (χ3v) is 5.43. The average molecular weight is 398 g/mol. The summed E-state index contributed by atoms with van der Waals surface area (Å²) >= 11 is 5.89. The molecule has 1 aliphatic heterocycles. The van der Waals surface area contributed by atoms with Crippen LogP contribution in [0.25, 0.3) is 10.9 Å². The molecule has 1 fully saturated rings. The highest BCUT2D eigenvalue weighted by molar-refractivity contribution is 6.30. The lowest BCUT2D eigenvalue weighted by atomic mass is 10.0. The van der Waals surface area contributed by atoms with Gasteiger partial charge in [-0.15, -0.1) is 0 Å². The van der Waals surface area contributed by atoms with E-state index in [1.54, 1.807) is 30.5 Å². The third-order valence-electron chi connectivity index (χ3n) is 5.17. The van der Waals surface area contributed by atoms with Gasteiger partial charge in [0.25, 0.3) is 5.91 Å². The van der Waals surface area contributed by atoms with Gasteiger partial charge in [-0.25, -0.2) is 0 Å². The van der Waals surface area contributed by atoms with E-state index in [1.165, 1.54) is 4.90 Å². The van der Waals surface area contributed by atoms with Crippen molar-refractivity contribution in [2.24, 2.45) is 0 Å². The van der Waals surface area contributed by atoms with Gasteiger partial charge in [0.15, 0.2) is 5.78 Å². The quantitative estimate of drug-likeness (QED) is 0.693. The molecule has 2 atom stereocenters. The van der Waals surface area contributed by atoms with E-state index in [1.807, 2.05) is 18.2 Å². The zero-order valence-corrected chi connectivity index (χ0v) is 15.9. The van der Waals surface area contributed by atoms with Gasteiger partial charge in [-0.2, -0.15) is 5.10 Å². The molecule has 2 heterocycles. The number of nitrogens with zero attached hydrogens (tertiary/aromatic N) is 2. The molecule has 1 amide bonds. The fraction of sp³-hybridized carbons (Fsp3) is 0.286. The Bertz CT molecular complexity index is 1020. The van der Waals surface area contributed by atoms with Crippen LogP contribution >= 0.6 is 11.6 Å². The molecule has 1 aromatic heterocycles. The zero-order valence-electron chi connectivity index (χ0n) is 15.1. The minimum atomic E-state index is -0.690. The summed E-state index contributed by atoms with van der Waals surface area (Å²) in [4.78, 5) is 27.3. The number of aryl methyl sites for hydroxylation is 1. The highest BCUT2D eigenvalue weighted by Gasteiger charge is 2.38. The summed E-state index contributed by atoms with van der Waals surface area (Å²) in [5.41, 5.74) is 2.25. The Kier molecular flexibility index (Phi) is 5.15. The smallest absolute Gasteiger partial charge is 0.254 e. The number of aromatic amines is 1. The monoisotopic (exact) mass is 397 g/mol. The summed E-state index contributed by atoms with van der Waals surface area (Å²) < 4.78 is 0. The standard InChI is InChI=1S/C21H20ClN3O3/c22-16-6-1-13(2-7-16)3-8-20(27)19-10-17(26)12-25(19)21(28)14-4-5-15-11-23-24-18(15)9-14/h1-2,4-7,9,11,17,19,26H,3,8,10,12H2,(H,23,24)/t17-,19+/m1/s1. The summed E-state index contributed by atoms with van der Waals surface area (Å²) in [5, 5.41) is 18.5. The van der Waals surface area contributed by atoms with Crippen molar-refractivity contribution in [2.45, 2.75) is 31.4 Å². The molecule has 1 aliphatic rings. The lowest BCUT2D eigenvalue weighted by Crippen LogP contribution is -2.40. The second-order valence-corrected chi connectivity index (χ2v) is 7.56. The van der Waals surface area contributed by atoms with Crippen LogP contribution in [0.2, 0.25) is 5.02 Å². The fourth-order valence-corrected chi connectivity index (χ4v) is 3.79. The van der Waals surface area contributed by atoms with E-state index in [-0.39, 0.29) is 24.7 Å². The van der Waals surface area contributed by atoms with Gasteiger partial charge in [0.1, 0.15) is 0 Å². The Labute approximate surface area is 167 Å². The summed E-state index contributed by atoms with van der Waals surface area (Å²) in [6, 6.07) is 12.0. The number of hydrogen-bond donors (Lipinski definition) is 2. The van der Waals surface area contributed by atoms with Gasteiger partial charge in [-0.1, -0.05) is 29.8 Å². The van der Waals surface area contributed by atoms with Crippen molar-refractivity contribution >= 4 is 34.2 Å². The summed E-state index contributed by atoms with van der Waals surface area (Å²) in [6.45, 7) is 0.164. The van der Waals surface area contributed by atoms with Crippen molar-refractivity contribution in [1.29, 1.82) is 0 Å². The number of ketones is 1. The number of aliphatic hydroxyl groups is 1. The number of Topliss-reactive ketones (excluding diaryl/α,β-unsaturated/α-hetero) is 1. The molecule has 2 N–H and O–H groups in total. The molecule has 28 heavy (non-hydrogen) atoms. The normalized spacial score (nSPS) is 19.3. The first-order valence-electron chi connectivity index (χ1n) is 9.20. The highest BCUT2D eigenvalue weighted by Crippen LogP contribution is 2.24. The number of halogens is 1. The highest BCUT2D eigenvalue weighted by atomic mass is 35.5. The molecular formula is C21H20ClN3O3. The molecule has 4 rings (SSSR count). The number of likely N-dealkylation sites (tertiary alicyclic amines) is 1. The van der Waals surface area contributed by atoms with Gasteiger partial charge in [0.05, 0.1) is 23.9 Å². The van der Waals surface area contributed by atoms with E-state index in [9.17, 15) is 14.7 Å². The number of nitrogens with one attached hydrogen (secondary N) is 1. The van der Waals surface area contributed by atoms with Crippen molar-refractivity contribution in [2.75, 3.05) is 6.54 Å². The van der Waals surface area contributed by atoms with E-state index in [0.29, 0.717) is 23.4 Å². The molecule has 2 aromatic carbocycles. The van der Waals surface area contributed by atoms with E-state index in [4.69, 9.17) is 11.6 Å². The van der Waals surface area contributed by atoms with Gasteiger partial charge < -0.3 is 10.0 Å². The van der Waals surface area contributed by atoms with E-state index in [2.05, 4.69) is 10.2 Å². The van der Waals surface area contributed by atoms with Crippen LogP contribution < -0.4 is 0 Å². The maximum atomic E-state index is 13.0. The Morgan fingerprint density at radius 1 is 1.21 bits per heavy atom. The average Bonchev–Trinajstić information content (AvgIpc) is 3.32. The number of amides is 1. The maximum absolute atomic E-state index is 13.0. The predicted molar refractivity (Wildman–Crippen MR) is 106 cm³/mol. The van der Waals surface area contributed by atoms with Crippen LogP contribution in [0.15, 0.2) is 48.7 Å². The van der Waals surface area contributed by atoms with Crippen LogP contribution in [0.3, 0.4) is 0 Å². The number of hydrogen-bond acceptors (Lipinski definition) is 4. The number of aromatic nitrogens is 2. The van der Waals surface area contributed by atoms with Crippen molar-refractivity contribution in [3.8, 4) is 0 Å². The number of carbonyl (C=O) groups is 2. The topological polar surface area (TPSA) is 86.3 Å². The van der Waals surface area contributed by atoms with Crippen LogP contribution in [0, 0.1) is 0 Å². The lowest BCUT2D eigenvalue weighted by molar-refractivity contribution is -0.122. The number of H-pyrrole nitrogens is 1. The summed E-state index contributed by atoms with van der Waals surface area (Å²) in [6.07, 6.45) is 2.15. The second-order valence-electron chi connectivity index (χ2n) is 7.13. The minimum Gasteiger partial charge on any atom is -0.391 e. The molecule has 7 heteroatoms. The Hall–Kier alpha value is -2.70. The summed E-state index contributed by atoms with van der Waals surface area (Å²) in [5.74, 6) is -0.291. The molecule has 144 valence electrons. The Morgan fingerprint density at radius 3 is 2.79 bits per heavy atom. The van der Waals surface area contributed by atoms with Crippen LogP contribution in [0.4, 0.5) is 0 Å². The van der Waals surface area contributed by atoms with Crippen LogP contribution in [0.5, 0.6) is 0 Å². The zero-order chi connectivity index (χ0) is 19.7. The van der Waals surface area contributed by atoms with Crippen LogP contribution in [-0.2, 0) is 11.2 Å².